The third-order valence-electron chi connectivity index (χ3n) is 1.22. The average Bonchev–Trinajstić information content (AvgIpc) is 2.06. The molecule has 0 unspecified atom stereocenters. The van der Waals surface area contributed by atoms with Gasteiger partial charge >= 0.3 is 0 Å². The number of halogens is 2. The molecule has 71 valence electrons. The van der Waals surface area contributed by atoms with Crippen molar-refractivity contribution in [3.05, 3.63) is 40.7 Å². The van der Waals surface area contributed by atoms with E-state index in [4.69, 9.17) is 0 Å². The van der Waals surface area contributed by atoms with E-state index in [-0.39, 0.29) is 5.56 Å². The van der Waals surface area contributed by atoms with Crippen LogP contribution in [0.5, 0.6) is 0 Å². The summed E-state index contributed by atoms with van der Waals surface area (Å²) in [7, 11) is -2.98. The first-order valence-electron chi connectivity index (χ1n) is 3.19. The van der Waals surface area contributed by atoms with E-state index in [0.717, 1.165) is 6.61 Å². The molecule has 0 bridgehead atoms. The molecule has 0 amide bonds. The lowest BCUT2D eigenvalue weighted by atomic mass is 10.2. The Labute approximate surface area is 84.8 Å². The summed E-state index contributed by atoms with van der Waals surface area (Å²) in [6.45, 7) is 0.839. The van der Waals surface area contributed by atoms with Gasteiger partial charge in [0.05, 0.1) is 0 Å². The highest BCUT2D eigenvalue weighted by Gasteiger charge is 2.03. The Morgan fingerprint density at radius 1 is 1.46 bits per heavy atom. The summed E-state index contributed by atoms with van der Waals surface area (Å²) >= 11 is 3.11. The Morgan fingerprint density at radius 2 is 2.15 bits per heavy atom. The molecule has 1 aromatic rings. The molecule has 1 radical (unpaired) electrons. The van der Waals surface area contributed by atoms with Crippen molar-refractivity contribution in [2.24, 2.45) is 0 Å². The maximum absolute atomic E-state index is 12.9. The summed E-state index contributed by atoms with van der Waals surface area (Å²) in [5.74, 6) is -0.542. The summed E-state index contributed by atoms with van der Waals surface area (Å²) < 4.78 is 37.7. The average molecular weight is 268 g/mol. The molecule has 0 heterocycles. The minimum atomic E-state index is -2.98. The zero-order chi connectivity index (χ0) is 9.84. The van der Waals surface area contributed by atoms with E-state index < -0.39 is 16.8 Å². The third-order valence-corrected chi connectivity index (χ3v) is 1.99. The maximum Gasteiger partial charge on any atom is 0.257 e. The standard InChI is InChI=1S/C7H5BrFO3S/c8-6-1-2-7(9)5(3-6)4-12-13(10)11/h1-4,13H. The number of hydrogen-bond acceptors (Lipinski definition) is 3. The Bertz CT molecular complexity index is 370. The predicted molar refractivity (Wildman–Crippen MR) is 48.9 cm³/mol. The topological polar surface area (TPSA) is 43.4 Å². The second kappa shape index (κ2) is 4.69. The predicted octanol–water partition coefficient (Wildman–Crippen LogP) is 1.64. The normalized spacial score (nSPS) is 10.7. The SMILES string of the molecule is O=[SH](=O)O[CH]c1cc(Br)ccc1F. The van der Waals surface area contributed by atoms with Crippen molar-refractivity contribution in [1.82, 2.24) is 0 Å². The van der Waals surface area contributed by atoms with Gasteiger partial charge in [-0.15, -0.1) is 0 Å². The smallest absolute Gasteiger partial charge is 0.257 e. The Morgan fingerprint density at radius 3 is 2.77 bits per heavy atom. The maximum atomic E-state index is 12.9. The molecule has 0 aliphatic heterocycles. The second-order valence-electron chi connectivity index (χ2n) is 2.11. The van der Waals surface area contributed by atoms with Crippen molar-refractivity contribution < 1.29 is 17.0 Å². The Hall–Kier alpha value is -0.460. The van der Waals surface area contributed by atoms with Crippen LogP contribution < -0.4 is 0 Å². The fourth-order valence-corrected chi connectivity index (χ4v) is 1.28. The first kappa shape index (κ1) is 10.6. The van der Waals surface area contributed by atoms with Gasteiger partial charge in [-0.1, -0.05) is 15.9 Å². The number of benzene rings is 1. The molecular weight excluding hydrogens is 263 g/mol. The first-order valence-corrected chi connectivity index (χ1v) is 5.08. The van der Waals surface area contributed by atoms with Crippen LogP contribution in [-0.4, -0.2) is 8.42 Å². The van der Waals surface area contributed by atoms with E-state index in [1.165, 1.54) is 18.2 Å². The van der Waals surface area contributed by atoms with Gasteiger partial charge in [0.2, 0.25) is 0 Å². The van der Waals surface area contributed by atoms with Crippen molar-refractivity contribution in [2.75, 3.05) is 0 Å². The van der Waals surface area contributed by atoms with Crippen LogP contribution in [0.4, 0.5) is 4.39 Å². The van der Waals surface area contributed by atoms with Crippen LogP contribution in [0.3, 0.4) is 0 Å². The molecule has 1 rings (SSSR count). The molecule has 0 aliphatic carbocycles. The largest absolute Gasteiger partial charge is 0.261 e. The van der Waals surface area contributed by atoms with Crippen molar-refractivity contribution in [2.45, 2.75) is 0 Å². The summed E-state index contributed by atoms with van der Waals surface area (Å²) in [4.78, 5) is 0. The lowest BCUT2D eigenvalue weighted by Gasteiger charge is -1.99. The first-order chi connectivity index (χ1) is 6.09. The summed E-state index contributed by atoms with van der Waals surface area (Å²) in [6.07, 6.45) is 0. The van der Waals surface area contributed by atoms with Crippen LogP contribution in [0.25, 0.3) is 0 Å². The summed E-state index contributed by atoms with van der Waals surface area (Å²) in [6, 6.07) is 4.12. The zero-order valence-electron chi connectivity index (χ0n) is 6.24. The van der Waals surface area contributed by atoms with E-state index in [1.54, 1.807) is 0 Å². The molecule has 13 heavy (non-hydrogen) atoms. The van der Waals surface area contributed by atoms with Gasteiger partial charge in [-0.3, -0.25) is 4.18 Å². The van der Waals surface area contributed by atoms with Crippen molar-refractivity contribution in [3.8, 4) is 0 Å². The van der Waals surface area contributed by atoms with Crippen LogP contribution in [0.2, 0.25) is 0 Å². The van der Waals surface area contributed by atoms with Gasteiger partial charge in [-0.25, -0.2) is 12.8 Å². The fraction of sp³-hybridized carbons (Fsp3) is 0. The monoisotopic (exact) mass is 267 g/mol. The van der Waals surface area contributed by atoms with E-state index in [1.807, 2.05) is 0 Å². The van der Waals surface area contributed by atoms with E-state index in [2.05, 4.69) is 20.1 Å². The molecule has 1 aromatic carbocycles. The third kappa shape index (κ3) is 3.41. The molecule has 3 nitrogen and oxygen atoms in total. The van der Waals surface area contributed by atoms with Crippen molar-refractivity contribution in [1.29, 1.82) is 0 Å². The summed E-state index contributed by atoms with van der Waals surface area (Å²) in [5.41, 5.74) is 0.0774. The molecule has 0 saturated heterocycles. The van der Waals surface area contributed by atoms with Gasteiger partial charge in [-0.2, -0.15) is 0 Å². The van der Waals surface area contributed by atoms with Crippen LogP contribution in [0.1, 0.15) is 5.56 Å². The number of thiol groups is 1. The van der Waals surface area contributed by atoms with Crippen LogP contribution in [-0.2, 0) is 15.2 Å². The Balaban J connectivity index is 2.81. The molecule has 0 N–H and O–H groups in total. The van der Waals surface area contributed by atoms with Crippen molar-refractivity contribution >= 4 is 26.9 Å². The molecule has 0 aromatic heterocycles. The summed E-state index contributed by atoms with van der Waals surface area (Å²) in [5, 5.41) is 0. The molecule has 0 atom stereocenters. The van der Waals surface area contributed by atoms with Gasteiger partial charge in [0.25, 0.3) is 11.0 Å². The van der Waals surface area contributed by atoms with E-state index in [9.17, 15) is 12.8 Å². The van der Waals surface area contributed by atoms with Gasteiger partial charge in [0.1, 0.15) is 12.4 Å². The van der Waals surface area contributed by atoms with Crippen LogP contribution in [0, 0.1) is 12.4 Å². The van der Waals surface area contributed by atoms with Gasteiger partial charge in [0, 0.05) is 10.0 Å². The van der Waals surface area contributed by atoms with Gasteiger partial charge in [0.15, 0.2) is 0 Å². The van der Waals surface area contributed by atoms with Crippen molar-refractivity contribution in [3.63, 3.8) is 0 Å². The van der Waals surface area contributed by atoms with Crippen LogP contribution >= 0.6 is 15.9 Å². The lowest BCUT2D eigenvalue weighted by molar-refractivity contribution is 0.423. The van der Waals surface area contributed by atoms with E-state index in [0.29, 0.717) is 4.47 Å². The highest BCUT2D eigenvalue weighted by atomic mass is 79.9. The Kier molecular flexibility index (Phi) is 3.83. The molecule has 0 saturated carbocycles. The van der Waals surface area contributed by atoms with E-state index >= 15 is 0 Å². The highest BCUT2D eigenvalue weighted by Crippen LogP contribution is 2.17. The minimum absolute atomic E-state index is 0.0774. The lowest BCUT2D eigenvalue weighted by Crippen LogP contribution is -1.91. The highest BCUT2D eigenvalue weighted by molar-refractivity contribution is 9.10. The number of hydrogen-bond donors (Lipinski definition) is 1. The quantitative estimate of drug-likeness (QED) is 0.847. The molecule has 0 spiro atoms. The van der Waals surface area contributed by atoms with Crippen LogP contribution in [0.15, 0.2) is 22.7 Å². The molecule has 0 fully saturated rings. The van der Waals surface area contributed by atoms with Gasteiger partial charge in [-0.05, 0) is 18.2 Å². The second-order valence-corrected chi connectivity index (χ2v) is 3.69. The molecule has 0 aliphatic rings. The zero-order valence-corrected chi connectivity index (χ0v) is 8.72. The fourth-order valence-electron chi connectivity index (χ4n) is 0.705. The molecular formula is C7H5BrFO3S. The minimum Gasteiger partial charge on any atom is -0.261 e. The molecule has 6 heteroatoms. The number of rotatable bonds is 3. The van der Waals surface area contributed by atoms with Gasteiger partial charge < -0.3 is 0 Å².